The maximum atomic E-state index is 12.2. The molecule has 0 aliphatic carbocycles. The van der Waals surface area contributed by atoms with Crippen molar-refractivity contribution in [3.05, 3.63) is 23.8 Å². The second-order valence-corrected chi connectivity index (χ2v) is 3.69. The minimum atomic E-state index is -0.937. The number of hydrogen-bond donors (Lipinski definition) is 0. The van der Waals surface area contributed by atoms with Gasteiger partial charge >= 0.3 is 0 Å². The third-order valence-corrected chi connectivity index (χ3v) is 2.71. The number of benzene rings is 1. The molecule has 0 aromatic heterocycles. The van der Waals surface area contributed by atoms with Crippen LogP contribution >= 0.6 is 0 Å². The van der Waals surface area contributed by atoms with Crippen molar-refractivity contribution in [3.8, 4) is 5.75 Å². The number of aldehydes is 1. The van der Waals surface area contributed by atoms with E-state index in [1.54, 1.807) is 12.1 Å². The number of carbonyl (C=O) groups is 1. The summed E-state index contributed by atoms with van der Waals surface area (Å²) in [5.74, 6) is 0.284. The molecule has 0 spiro atoms. The standard InChI is InChI=1S/C12H14FNO3/c13-9-17-12-7-11(2-1-10(12)8-15)14-3-5-16-6-4-14/h1-2,7-8H,3-6,9H2. The molecule has 1 aromatic carbocycles. The topological polar surface area (TPSA) is 38.8 Å². The summed E-state index contributed by atoms with van der Waals surface area (Å²) in [6.07, 6.45) is 0.661. The number of alkyl halides is 1. The third-order valence-electron chi connectivity index (χ3n) is 2.71. The van der Waals surface area contributed by atoms with Gasteiger partial charge in [0.2, 0.25) is 6.86 Å². The molecular formula is C12H14FNO3. The Morgan fingerprint density at radius 1 is 1.41 bits per heavy atom. The molecule has 0 saturated carbocycles. The summed E-state index contributed by atoms with van der Waals surface area (Å²) in [4.78, 5) is 12.9. The van der Waals surface area contributed by atoms with Crippen molar-refractivity contribution in [1.82, 2.24) is 0 Å². The molecule has 0 amide bonds. The molecule has 1 saturated heterocycles. The summed E-state index contributed by atoms with van der Waals surface area (Å²) in [5, 5.41) is 0. The van der Waals surface area contributed by atoms with E-state index in [1.807, 2.05) is 6.07 Å². The SMILES string of the molecule is O=Cc1ccc(N2CCOCC2)cc1OCF. The Morgan fingerprint density at radius 2 is 2.18 bits per heavy atom. The fourth-order valence-electron chi connectivity index (χ4n) is 1.82. The largest absolute Gasteiger partial charge is 0.462 e. The quantitative estimate of drug-likeness (QED) is 0.749. The van der Waals surface area contributed by atoms with Gasteiger partial charge in [0.05, 0.1) is 18.8 Å². The van der Waals surface area contributed by atoms with E-state index in [0.29, 0.717) is 25.1 Å². The van der Waals surface area contributed by atoms with E-state index in [-0.39, 0.29) is 5.75 Å². The first-order valence-corrected chi connectivity index (χ1v) is 5.46. The van der Waals surface area contributed by atoms with Crippen LogP contribution in [0.3, 0.4) is 0 Å². The van der Waals surface area contributed by atoms with Crippen LogP contribution in [-0.4, -0.2) is 39.5 Å². The zero-order chi connectivity index (χ0) is 12.1. The maximum absolute atomic E-state index is 12.2. The predicted octanol–water partition coefficient (Wildman–Crippen LogP) is 1.64. The molecule has 1 aromatic rings. The fraction of sp³-hybridized carbons (Fsp3) is 0.417. The number of rotatable bonds is 4. The Balaban J connectivity index is 2.22. The average molecular weight is 239 g/mol. The molecule has 92 valence electrons. The smallest absolute Gasteiger partial charge is 0.228 e. The van der Waals surface area contributed by atoms with Gasteiger partial charge in [-0.2, -0.15) is 0 Å². The molecule has 2 rings (SSSR count). The van der Waals surface area contributed by atoms with Crippen molar-refractivity contribution in [2.45, 2.75) is 0 Å². The normalized spacial score (nSPS) is 15.7. The van der Waals surface area contributed by atoms with E-state index < -0.39 is 6.86 Å². The van der Waals surface area contributed by atoms with Crippen molar-refractivity contribution >= 4 is 12.0 Å². The summed E-state index contributed by atoms with van der Waals surface area (Å²) in [6.45, 7) is 1.99. The first-order chi connectivity index (χ1) is 8.35. The van der Waals surface area contributed by atoms with Gasteiger partial charge in [-0.1, -0.05) is 0 Å². The molecule has 1 aliphatic heterocycles. The number of anilines is 1. The average Bonchev–Trinajstić information content (AvgIpc) is 2.40. The predicted molar refractivity (Wildman–Crippen MR) is 61.5 cm³/mol. The molecule has 1 heterocycles. The van der Waals surface area contributed by atoms with Crippen LogP contribution in [0.25, 0.3) is 0 Å². The van der Waals surface area contributed by atoms with Gasteiger partial charge in [0.15, 0.2) is 6.29 Å². The first kappa shape index (κ1) is 11.9. The van der Waals surface area contributed by atoms with Crippen LogP contribution in [0.2, 0.25) is 0 Å². The van der Waals surface area contributed by atoms with Crippen LogP contribution in [0.5, 0.6) is 5.75 Å². The van der Waals surface area contributed by atoms with E-state index in [9.17, 15) is 9.18 Å². The molecule has 5 heteroatoms. The highest BCUT2D eigenvalue weighted by atomic mass is 19.1. The van der Waals surface area contributed by atoms with Crippen molar-refractivity contribution in [1.29, 1.82) is 0 Å². The van der Waals surface area contributed by atoms with E-state index in [1.165, 1.54) is 0 Å². The lowest BCUT2D eigenvalue weighted by Gasteiger charge is -2.29. The molecule has 4 nitrogen and oxygen atoms in total. The second kappa shape index (κ2) is 5.63. The number of nitrogens with zero attached hydrogens (tertiary/aromatic N) is 1. The van der Waals surface area contributed by atoms with Gasteiger partial charge < -0.3 is 14.4 Å². The monoisotopic (exact) mass is 239 g/mol. The number of halogens is 1. The van der Waals surface area contributed by atoms with Crippen LogP contribution in [0.15, 0.2) is 18.2 Å². The van der Waals surface area contributed by atoms with Crippen molar-refractivity contribution in [2.24, 2.45) is 0 Å². The minimum Gasteiger partial charge on any atom is -0.462 e. The van der Waals surface area contributed by atoms with Crippen molar-refractivity contribution in [2.75, 3.05) is 38.1 Å². The van der Waals surface area contributed by atoms with Crippen LogP contribution in [0.4, 0.5) is 10.1 Å². The fourth-order valence-corrected chi connectivity index (χ4v) is 1.82. The lowest BCUT2D eigenvalue weighted by molar-refractivity contribution is 0.111. The van der Waals surface area contributed by atoms with Crippen molar-refractivity contribution < 1.29 is 18.7 Å². The van der Waals surface area contributed by atoms with Crippen LogP contribution in [0.1, 0.15) is 10.4 Å². The van der Waals surface area contributed by atoms with Gasteiger partial charge in [0.25, 0.3) is 0 Å². The minimum absolute atomic E-state index is 0.284. The Kier molecular flexibility index (Phi) is 3.93. The highest BCUT2D eigenvalue weighted by Gasteiger charge is 2.13. The third kappa shape index (κ3) is 2.74. The zero-order valence-electron chi connectivity index (χ0n) is 9.39. The molecule has 1 aliphatic rings. The lowest BCUT2D eigenvalue weighted by Crippen LogP contribution is -2.36. The van der Waals surface area contributed by atoms with Gasteiger partial charge in [-0.3, -0.25) is 4.79 Å². The van der Waals surface area contributed by atoms with Crippen LogP contribution in [0, 0.1) is 0 Å². The number of hydrogen-bond acceptors (Lipinski definition) is 4. The molecule has 17 heavy (non-hydrogen) atoms. The maximum Gasteiger partial charge on any atom is 0.228 e. The van der Waals surface area contributed by atoms with Gasteiger partial charge in [-0.05, 0) is 12.1 Å². The van der Waals surface area contributed by atoms with Gasteiger partial charge in [-0.25, -0.2) is 4.39 Å². The summed E-state index contributed by atoms with van der Waals surface area (Å²) in [6, 6.07) is 5.16. The second-order valence-electron chi connectivity index (χ2n) is 3.69. The Bertz CT molecular complexity index is 391. The zero-order valence-corrected chi connectivity index (χ0v) is 9.39. The molecule has 0 N–H and O–H groups in total. The summed E-state index contributed by atoms with van der Waals surface area (Å²) >= 11 is 0. The molecule has 0 atom stereocenters. The Morgan fingerprint density at radius 3 is 2.82 bits per heavy atom. The highest BCUT2D eigenvalue weighted by Crippen LogP contribution is 2.25. The summed E-state index contributed by atoms with van der Waals surface area (Å²) in [7, 11) is 0. The number of carbonyl (C=O) groups excluding carboxylic acids is 1. The summed E-state index contributed by atoms with van der Waals surface area (Å²) < 4.78 is 22.3. The van der Waals surface area contributed by atoms with Gasteiger partial charge in [0.1, 0.15) is 5.75 Å². The van der Waals surface area contributed by atoms with Crippen molar-refractivity contribution in [3.63, 3.8) is 0 Å². The highest BCUT2D eigenvalue weighted by molar-refractivity contribution is 5.80. The Labute approximate surface area is 98.9 Å². The first-order valence-electron chi connectivity index (χ1n) is 5.46. The number of morpholine rings is 1. The lowest BCUT2D eigenvalue weighted by atomic mass is 10.2. The Hall–Kier alpha value is -1.62. The molecule has 0 bridgehead atoms. The van der Waals surface area contributed by atoms with E-state index in [4.69, 9.17) is 9.47 Å². The molecule has 0 radical (unpaired) electrons. The van der Waals surface area contributed by atoms with E-state index in [2.05, 4.69) is 4.90 Å². The van der Waals surface area contributed by atoms with Gasteiger partial charge in [-0.15, -0.1) is 0 Å². The van der Waals surface area contributed by atoms with Crippen LogP contribution in [-0.2, 0) is 4.74 Å². The summed E-state index contributed by atoms with van der Waals surface area (Å²) in [5.41, 5.74) is 1.28. The van der Waals surface area contributed by atoms with Gasteiger partial charge in [0, 0.05) is 24.8 Å². The molecular weight excluding hydrogens is 225 g/mol. The number of ether oxygens (including phenoxy) is 2. The van der Waals surface area contributed by atoms with Crippen LogP contribution < -0.4 is 9.64 Å². The van der Waals surface area contributed by atoms with E-state index >= 15 is 0 Å². The molecule has 1 fully saturated rings. The molecule has 0 unspecified atom stereocenters. The van der Waals surface area contributed by atoms with E-state index in [0.717, 1.165) is 18.8 Å².